The van der Waals surface area contributed by atoms with Crippen molar-refractivity contribution >= 4 is 11.9 Å². The molecule has 0 aliphatic carbocycles. The van der Waals surface area contributed by atoms with Crippen molar-refractivity contribution in [1.82, 2.24) is 0 Å². The molecule has 10 heteroatoms. The van der Waals surface area contributed by atoms with Crippen molar-refractivity contribution in [2.75, 3.05) is 52.9 Å². The van der Waals surface area contributed by atoms with Gasteiger partial charge in [-0.2, -0.15) is 0 Å². The lowest BCUT2D eigenvalue weighted by Crippen LogP contribution is -2.46. The van der Waals surface area contributed by atoms with Crippen LogP contribution in [0.2, 0.25) is 0 Å². The minimum absolute atomic E-state index is 0.0308. The summed E-state index contributed by atoms with van der Waals surface area (Å²) in [7, 11) is 0. The van der Waals surface area contributed by atoms with Crippen molar-refractivity contribution < 1.29 is 47.5 Å². The molecule has 2 atom stereocenters. The van der Waals surface area contributed by atoms with Gasteiger partial charge in [0.15, 0.2) is 0 Å². The first kappa shape index (κ1) is 33.7. The molecule has 208 valence electrons. The van der Waals surface area contributed by atoms with Crippen LogP contribution in [0.25, 0.3) is 0 Å². The van der Waals surface area contributed by atoms with E-state index in [1.807, 2.05) is 27.7 Å². The monoisotopic (exact) mass is 508 g/mol. The first-order chi connectivity index (χ1) is 16.9. The first-order valence-corrected chi connectivity index (χ1v) is 13.0. The number of unbranched alkanes of at least 4 members (excludes halogenated alkanes) is 2. The van der Waals surface area contributed by atoms with Crippen LogP contribution in [0.15, 0.2) is 0 Å². The fourth-order valence-corrected chi connectivity index (χ4v) is 2.89. The van der Waals surface area contributed by atoms with E-state index in [-0.39, 0.29) is 45.7 Å². The molecule has 0 aromatic carbocycles. The van der Waals surface area contributed by atoms with Crippen LogP contribution in [0.1, 0.15) is 86.5 Å². The quantitative estimate of drug-likeness (QED) is 0.106. The van der Waals surface area contributed by atoms with Gasteiger partial charge in [-0.1, -0.05) is 26.7 Å². The maximum atomic E-state index is 12.6. The van der Waals surface area contributed by atoms with E-state index < -0.39 is 23.9 Å². The SMILES string of the molecule is CCCCOC(COCC)(OCC)OC(=O)CCCC(=O)OC(COCC)(OCC)OCCCC. The minimum Gasteiger partial charge on any atom is -0.406 e. The summed E-state index contributed by atoms with van der Waals surface area (Å²) in [5.41, 5.74) is 0. The summed E-state index contributed by atoms with van der Waals surface area (Å²) in [5, 5.41) is 0. The number of carbonyl (C=O) groups is 2. The molecule has 0 amide bonds. The van der Waals surface area contributed by atoms with Gasteiger partial charge in [0.1, 0.15) is 13.2 Å². The smallest absolute Gasteiger partial charge is 0.354 e. The molecule has 0 rings (SSSR count). The Kier molecular flexibility index (Phi) is 20.1. The molecule has 0 radical (unpaired) electrons. The number of carbonyl (C=O) groups excluding carboxylic acids is 2. The molecule has 2 unspecified atom stereocenters. The standard InChI is InChI=1S/C25H48O10/c1-7-13-18-32-24(30-11-5,20-28-9-3)34-22(26)16-15-17-23(27)35-25(31-12-6,21-29-10-4)33-19-14-8-2/h7-21H2,1-6H3. The predicted molar refractivity (Wildman–Crippen MR) is 129 cm³/mol. The highest BCUT2D eigenvalue weighted by Gasteiger charge is 2.39. The molecule has 10 nitrogen and oxygen atoms in total. The van der Waals surface area contributed by atoms with E-state index in [0.717, 1.165) is 25.7 Å². The fraction of sp³-hybridized carbons (Fsp3) is 0.920. The number of hydrogen-bond acceptors (Lipinski definition) is 10. The van der Waals surface area contributed by atoms with Crippen LogP contribution in [0.3, 0.4) is 0 Å². The van der Waals surface area contributed by atoms with Crippen molar-refractivity contribution in [1.29, 1.82) is 0 Å². The molecule has 0 fully saturated rings. The van der Waals surface area contributed by atoms with Gasteiger partial charge in [0.25, 0.3) is 0 Å². The maximum absolute atomic E-state index is 12.6. The third-order valence-corrected chi connectivity index (χ3v) is 4.63. The van der Waals surface area contributed by atoms with Crippen LogP contribution in [0.4, 0.5) is 0 Å². The van der Waals surface area contributed by atoms with Gasteiger partial charge in [0, 0.05) is 26.1 Å². The summed E-state index contributed by atoms with van der Waals surface area (Å²) >= 11 is 0. The van der Waals surface area contributed by atoms with E-state index in [1.54, 1.807) is 13.8 Å². The second-order valence-electron chi connectivity index (χ2n) is 7.71. The fourth-order valence-electron chi connectivity index (χ4n) is 2.89. The van der Waals surface area contributed by atoms with Crippen LogP contribution < -0.4 is 0 Å². The number of ether oxygens (including phenoxy) is 8. The normalized spacial score (nSPS) is 14.8. The molecule has 0 spiro atoms. The Morgan fingerprint density at radius 3 is 1.26 bits per heavy atom. The summed E-state index contributed by atoms with van der Waals surface area (Å²) in [6, 6.07) is 0. The molecular weight excluding hydrogens is 460 g/mol. The highest BCUT2D eigenvalue weighted by atomic mass is 16.9. The van der Waals surface area contributed by atoms with Crippen molar-refractivity contribution in [3.8, 4) is 0 Å². The molecule has 0 aliphatic heterocycles. The zero-order valence-electron chi connectivity index (χ0n) is 22.7. The summed E-state index contributed by atoms with van der Waals surface area (Å²) in [6.45, 7) is 13.3. The lowest BCUT2D eigenvalue weighted by molar-refractivity contribution is -0.376. The Hall–Kier alpha value is -1.30. The second-order valence-corrected chi connectivity index (χ2v) is 7.71. The lowest BCUT2D eigenvalue weighted by atomic mass is 10.2. The highest BCUT2D eigenvalue weighted by molar-refractivity contribution is 5.72. The van der Waals surface area contributed by atoms with Crippen molar-refractivity contribution in [3.05, 3.63) is 0 Å². The van der Waals surface area contributed by atoms with Gasteiger partial charge in [0.05, 0.1) is 26.4 Å². The van der Waals surface area contributed by atoms with Crippen LogP contribution in [-0.2, 0) is 47.5 Å². The van der Waals surface area contributed by atoms with Gasteiger partial charge in [-0.25, -0.2) is 0 Å². The average molecular weight is 509 g/mol. The molecule has 0 saturated carbocycles. The van der Waals surface area contributed by atoms with E-state index in [2.05, 4.69) is 0 Å². The molecule has 0 aromatic heterocycles. The maximum Gasteiger partial charge on any atom is 0.354 e. The molecule has 0 heterocycles. The van der Waals surface area contributed by atoms with Gasteiger partial charge in [-0.05, 0) is 47.0 Å². The summed E-state index contributed by atoms with van der Waals surface area (Å²) in [5.74, 6) is -4.34. The van der Waals surface area contributed by atoms with Crippen LogP contribution in [0.5, 0.6) is 0 Å². The third kappa shape index (κ3) is 15.4. The number of hydrogen-bond donors (Lipinski definition) is 0. The summed E-state index contributed by atoms with van der Waals surface area (Å²) in [4.78, 5) is 25.1. The van der Waals surface area contributed by atoms with Crippen LogP contribution in [0, 0.1) is 0 Å². The molecule has 35 heavy (non-hydrogen) atoms. The number of rotatable bonds is 24. The zero-order chi connectivity index (χ0) is 26.4. The lowest BCUT2D eigenvalue weighted by Gasteiger charge is -2.32. The highest BCUT2D eigenvalue weighted by Crippen LogP contribution is 2.21. The van der Waals surface area contributed by atoms with E-state index in [4.69, 9.17) is 37.9 Å². The minimum atomic E-state index is -1.60. The Labute approximate surface area is 211 Å². The van der Waals surface area contributed by atoms with Gasteiger partial charge in [-0.3, -0.25) is 9.59 Å². The third-order valence-electron chi connectivity index (χ3n) is 4.63. The van der Waals surface area contributed by atoms with Crippen molar-refractivity contribution in [2.24, 2.45) is 0 Å². The molecule has 0 aromatic rings. The van der Waals surface area contributed by atoms with Gasteiger partial charge >= 0.3 is 23.9 Å². The van der Waals surface area contributed by atoms with Crippen LogP contribution >= 0.6 is 0 Å². The topological polar surface area (TPSA) is 108 Å². The van der Waals surface area contributed by atoms with Crippen molar-refractivity contribution in [3.63, 3.8) is 0 Å². The molecular formula is C25H48O10. The van der Waals surface area contributed by atoms with Crippen LogP contribution in [-0.4, -0.2) is 76.7 Å². The van der Waals surface area contributed by atoms with E-state index >= 15 is 0 Å². The number of esters is 2. The second kappa shape index (κ2) is 20.8. The summed E-state index contributed by atoms with van der Waals surface area (Å²) in [6.07, 6.45) is 3.55. The van der Waals surface area contributed by atoms with E-state index in [1.165, 1.54) is 0 Å². The first-order valence-electron chi connectivity index (χ1n) is 13.0. The van der Waals surface area contributed by atoms with E-state index in [9.17, 15) is 9.59 Å². The van der Waals surface area contributed by atoms with Gasteiger partial charge < -0.3 is 37.9 Å². The van der Waals surface area contributed by atoms with Crippen molar-refractivity contribution in [2.45, 2.75) is 98.4 Å². The Balaban J connectivity index is 4.96. The van der Waals surface area contributed by atoms with E-state index in [0.29, 0.717) is 26.4 Å². The molecule has 0 aliphatic rings. The summed E-state index contributed by atoms with van der Waals surface area (Å²) < 4.78 is 44.7. The van der Waals surface area contributed by atoms with Gasteiger partial charge in [0.2, 0.25) is 0 Å². The molecule has 0 saturated heterocycles. The zero-order valence-corrected chi connectivity index (χ0v) is 22.7. The van der Waals surface area contributed by atoms with Gasteiger partial charge in [-0.15, -0.1) is 0 Å². The Bertz CT molecular complexity index is 498. The predicted octanol–water partition coefficient (Wildman–Crippen LogP) is 4.33. The largest absolute Gasteiger partial charge is 0.406 e. The Morgan fingerprint density at radius 2 is 0.943 bits per heavy atom. The Morgan fingerprint density at radius 1 is 0.543 bits per heavy atom. The molecule has 0 N–H and O–H groups in total. The molecule has 0 bridgehead atoms. The average Bonchev–Trinajstić information content (AvgIpc) is 2.82.